The van der Waals surface area contributed by atoms with Crippen LogP contribution in [0.5, 0.6) is 5.88 Å². The SMILES string of the molecule is CCOc1nc2sc3c(NN)nc(-c4ccccc4[N+](=O)[O-])nc3c2c(-c2ccccc2)c1C#N. The number of ether oxygens (including phenoxy) is 1. The normalized spacial score (nSPS) is 10.9. The minimum absolute atomic E-state index is 0.129. The summed E-state index contributed by atoms with van der Waals surface area (Å²) in [6.45, 7) is 2.16. The molecule has 0 spiro atoms. The molecular formula is C24H17N7O3S. The van der Waals surface area contributed by atoms with Crippen LogP contribution in [0.2, 0.25) is 0 Å². The van der Waals surface area contributed by atoms with Gasteiger partial charge in [0.25, 0.3) is 5.69 Å². The lowest BCUT2D eigenvalue weighted by Gasteiger charge is -2.11. The Morgan fingerprint density at radius 2 is 1.89 bits per heavy atom. The highest BCUT2D eigenvalue weighted by Crippen LogP contribution is 2.45. The Bertz CT molecular complexity index is 1640. The number of hydrogen-bond acceptors (Lipinski definition) is 10. The van der Waals surface area contributed by atoms with Gasteiger partial charge in [-0.3, -0.25) is 10.1 Å². The molecule has 0 saturated heterocycles. The van der Waals surface area contributed by atoms with Crippen molar-refractivity contribution in [3.8, 4) is 34.5 Å². The summed E-state index contributed by atoms with van der Waals surface area (Å²) in [6.07, 6.45) is 0. The largest absolute Gasteiger partial charge is 0.477 e. The lowest BCUT2D eigenvalue weighted by Crippen LogP contribution is -2.10. The third-order valence-electron chi connectivity index (χ3n) is 5.37. The van der Waals surface area contributed by atoms with Gasteiger partial charge in [0.2, 0.25) is 5.88 Å². The molecule has 0 amide bonds. The van der Waals surface area contributed by atoms with Gasteiger partial charge < -0.3 is 10.2 Å². The Morgan fingerprint density at radius 1 is 1.14 bits per heavy atom. The first kappa shape index (κ1) is 22.1. The molecule has 0 aliphatic rings. The highest BCUT2D eigenvalue weighted by atomic mass is 32.1. The van der Waals surface area contributed by atoms with Crippen molar-refractivity contribution in [2.75, 3.05) is 12.0 Å². The number of nitriles is 1. The number of nitrogen functional groups attached to an aromatic ring is 1. The van der Waals surface area contributed by atoms with E-state index in [1.54, 1.807) is 18.2 Å². The maximum Gasteiger partial charge on any atom is 0.280 e. The number of hydrazine groups is 1. The number of nitrogens with one attached hydrogen (secondary N) is 1. The highest BCUT2D eigenvalue weighted by molar-refractivity contribution is 7.26. The molecule has 0 aliphatic heterocycles. The van der Waals surface area contributed by atoms with Crippen molar-refractivity contribution in [3.05, 3.63) is 70.3 Å². The van der Waals surface area contributed by atoms with E-state index in [9.17, 15) is 15.4 Å². The molecule has 0 saturated carbocycles. The predicted molar refractivity (Wildman–Crippen MR) is 134 cm³/mol. The summed E-state index contributed by atoms with van der Waals surface area (Å²) >= 11 is 1.29. The molecule has 2 aromatic carbocycles. The van der Waals surface area contributed by atoms with Crippen LogP contribution in [0.1, 0.15) is 12.5 Å². The van der Waals surface area contributed by atoms with Gasteiger partial charge in [-0.25, -0.2) is 20.8 Å². The van der Waals surface area contributed by atoms with Gasteiger partial charge in [0.05, 0.1) is 27.3 Å². The van der Waals surface area contributed by atoms with Gasteiger partial charge in [0.1, 0.15) is 16.5 Å². The van der Waals surface area contributed by atoms with Crippen molar-refractivity contribution in [2.45, 2.75) is 6.92 Å². The molecule has 0 atom stereocenters. The second kappa shape index (κ2) is 8.94. The highest BCUT2D eigenvalue weighted by Gasteiger charge is 2.25. The number of nitro groups is 1. The van der Waals surface area contributed by atoms with Gasteiger partial charge in [-0.2, -0.15) is 5.26 Å². The van der Waals surface area contributed by atoms with Crippen LogP contribution >= 0.6 is 11.3 Å². The molecule has 35 heavy (non-hydrogen) atoms. The van der Waals surface area contributed by atoms with Crippen LogP contribution in [-0.2, 0) is 0 Å². The number of hydrogen-bond donors (Lipinski definition) is 2. The molecule has 0 radical (unpaired) electrons. The van der Waals surface area contributed by atoms with Crippen molar-refractivity contribution < 1.29 is 9.66 Å². The standard InChI is InChI=1S/C24H17N7O3S/c1-2-34-23-15(12-25)17(13-8-4-3-5-9-13)18-19-20(35-24(18)29-23)22(30-26)28-21(27-19)14-10-6-7-11-16(14)31(32)33/h3-11H,2,26H2,1H3,(H,27,28,30). The number of rotatable bonds is 6. The predicted octanol–water partition coefficient (Wildman–Crippen LogP) is 5.04. The summed E-state index contributed by atoms with van der Waals surface area (Å²) in [5.74, 6) is 6.45. The van der Waals surface area contributed by atoms with Crippen molar-refractivity contribution in [2.24, 2.45) is 5.84 Å². The zero-order chi connectivity index (χ0) is 24.5. The Hall–Kier alpha value is -4.66. The van der Waals surface area contributed by atoms with Crippen LogP contribution in [-0.4, -0.2) is 26.5 Å². The fourth-order valence-electron chi connectivity index (χ4n) is 3.93. The topological polar surface area (TPSA) is 153 Å². The second-order valence-corrected chi connectivity index (χ2v) is 8.35. The number of nitro benzene ring substituents is 1. The first-order valence-corrected chi connectivity index (χ1v) is 11.4. The Labute approximate surface area is 202 Å². The lowest BCUT2D eigenvalue weighted by molar-refractivity contribution is -0.384. The fraction of sp³-hybridized carbons (Fsp3) is 0.0833. The Balaban J connectivity index is 1.94. The second-order valence-electron chi connectivity index (χ2n) is 7.35. The summed E-state index contributed by atoms with van der Waals surface area (Å²) in [6, 6.07) is 17.9. The number of benzene rings is 2. The van der Waals surface area contributed by atoms with E-state index >= 15 is 0 Å². The average molecular weight is 484 g/mol. The first-order chi connectivity index (χ1) is 17.1. The molecule has 5 rings (SSSR count). The molecule has 0 unspecified atom stereocenters. The van der Waals surface area contributed by atoms with Gasteiger partial charge in [-0.1, -0.05) is 42.5 Å². The molecule has 0 fully saturated rings. The quantitative estimate of drug-likeness (QED) is 0.192. The van der Waals surface area contributed by atoms with Gasteiger partial charge in [0, 0.05) is 17.0 Å². The van der Waals surface area contributed by atoms with Crippen LogP contribution in [0.25, 0.3) is 42.9 Å². The molecule has 0 bridgehead atoms. The van der Waals surface area contributed by atoms with E-state index < -0.39 is 4.92 Å². The van der Waals surface area contributed by atoms with Gasteiger partial charge >= 0.3 is 0 Å². The molecule has 5 aromatic rings. The summed E-state index contributed by atoms with van der Waals surface area (Å²) in [5.41, 5.74) is 4.85. The maximum atomic E-state index is 11.6. The smallest absolute Gasteiger partial charge is 0.280 e. The molecule has 3 N–H and O–H groups in total. The van der Waals surface area contributed by atoms with Gasteiger partial charge in [0.15, 0.2) is 11.6 Å². The molecular weight excluding hydrogens is 466 g/mol. The third kappa shape index (κ3) is 3.67. The third-order valence-corrected chi connectivity index (χ3v) is 6.45. The van der Waals surface area contributed by atoms with Gasteiger partial charge in [-0.05, 0) is 18.6 Å². The monoisotopic (exact) mass is 483 g/mol. The summed E-state index contributed by atoms with van der Waals surface area (Å²) in [5, 5.41) is 22.3. The van der Waals surface area contributed by atoms with Crippen LogP contribution in [0, 0.1) is 21.4 Å². The Kier molecular flexibility index (Phi) is 5.66. The number of nitrogens with two attached hydrogens (primary N) is 1. The van der Waals surface area contributed by atoms with Crippen LogP contribution in [0.3, 0.4) is 0 Å². The zero-order valence-electron chi connectivity index (χ0n) is 18.3. The van der Waals surface area contributed by atoms with Crippen LogP contribution in [0.4, 0.5) is 11.5 Å². The summed E-state index contributed by atoms with van der Waals surface area (Å²) in [7, 11) is 0. The van der Waals surface area contributed by atoms with E-state index in [1.165, 1.54) is 17.4 Å². The molecule has 11 heteroatoms. The van der Waals surface area contributed by atoms with Crippen molar-refractivity contribution in [1.29, 1.82) is 5.26 Å². The van der Waals surface area contributed by atoms with E-state index in [0.717, 1.165) is 5.56 Å². The minimum Gasteiger partial charge on any atom is -0.477 e. The number of fused-ring (bicyclic) bond motifs is 3. The van der Waals surface area contributed by atoms with E-state index in [-0.39, 0.29) is 28.5 Å². The summed E-state index contributed by atoms with van der Waals surface area (Å²) in [4.78, 5) is 25.6. The van der Waals surface area contributed by atoms with Crippen LogP contribution in [0.15, 0.2) is 54.6 Å². The lowest BCUT2D eigenvalue weighted by atomic mass is 9.98. The minimum atomic E-state index is -0.483. The molecule has 3 aromatic heterocycles. The number of anilines is 1. The molecule has 0 aliphatic carbocycles. The average Bonchev–Trinajstić information content (AvgIpc) is 3.26. The number of aromatic nitrogens is 3. The van der Waals surface area contributed by atoms with E-state index in [4.69, 9.17) is 15.6 Å². The number of nitrogens with zero attached hydrogens (tertiary/aromatic N) is 5. The fourth-order valence-corrected chi connectivity index (χ4v) is 5.00. The van der Waals surface area contributed by atoms with Gasteiger partial charge in [-0.15, -0.1) is 11.3 Å². The van der Waals surface area contributed by atoms with E-state index in [2.05, 4.69) is 21.5 Å². The van der Waals surface area contributed by atoms with Crippen LogP contribution < -0.4 is 16.0 Å². The van der Waals surface area contributed by atoms with E-state index in [0.29, 0.717) is 38.4 Å². The van der Waals surface area contributed by atoms with Crippen molar-refractivity contribution in [1.82, 2.24) is 15.0 Å². The molecule has 172 valence electrons. The maximum absolute atomic E-state index is 11.6. The van der Waals surface area contributed by atoms with Crippen molar-refractivity contribution in [3.63, 3.8) is 0 Å². The number of para-hydroxylation sites is 1. The zero-order valence-corrected chi connectivity index (χ0v) is 19.2. The number of thiophene rings is 1. The first-order valence-electron chi connectivity index (χ1n) is 10.5. The Morgan fingerprint density at radius 3 is 2.57 bits per heavy atom. The molecule has 10 nitrogen and oxygen atoms in total. The summed E-state index contributed by atoms with van der Waals surface area (Å²) < 4.78 is 6.31. The molecule has 3 heterocycles. The number of pyridine rings is 1. The van der Waals surface area contributed by atoms with E-state index in [1.807, 2.05) is 37.3 Å². The van der Waals surface area contributed by atoms with Crippen molar-refractivity contribution >= 4 is 43.3 Å².